The topological polar surface area (TPSA) is 55.1 Å². The third-order valence-corrected chi connectivity index (χ3v) is 3.64. The number of nitrogens with one attached hydrogen (secondary N) is 1. The highest BCUT2D eigenvalue weighted by molar-refractivity contribution is 9.10. The Bertz CT molecular complexity index is 438. The molecule has 100 valence electrons. The van der Waals surface area contributed by atoms with Crippen LogP contribution < -0.4 is 11.1 Å². The first-order chi connectivity index (χ1) is 8.25. The molecule has 1 amide bonds. The van der Waals surface area contributed by atoms with E-state index in [1.807, 2.05) is 25.1 Å². The number of rotatable bonds is 3. The molecule has 0 radical (unpaired) electrons. The maximum Gasteiger partial charge on any atom is 0.252 e. The molecule has 0 aromatic heterocycles. The molecule has 0 fully saturated rings. The molecule has 0 bridgehead atoms. The van der Waals surface area contributed by atoms with Crippen LogP contribution in [-0.2, 0) is 0 Å². The zero-order valence-corrected chi connectivity index (χ0v) is 13.0. The van der Waals surface area contributed by atoms with E-state index in [4.69, 9.17) is 5.73 Å². The average Bonchev–Trinajstić information content (AvgIpc) is 2.27. The fourth-order valence-corrected chi connectivity index (χ4v) is 2.10. The number of aryl methyl sites for hydroxylation is 1. The maximum atomic E-state index is 12.2. The first kappa shape index (κ1) is 15.2. The zero-order valence-electron chi connectivity index (χ0n) is 11.4. The normalized spacial score (nSPS) is 13.2. The molecule has 1 rings (SSSR count). The maximum absolute atomic E-state index is 12.2. The SMILES string of the molecule is Cc1ccc(Br)c(C(=O)NC(CN)C(C)(C)C)c1. The molecule has 0 aliphatic heterocycles. The predicted octanol–water partition coefficient (Wildman–Crippen LogP) is 2.86. The quantitative estimate of drug-likeness (QED) is 0.901. The molecule has 0 saturated heterocycles. The summed E-state index contributed by atoms with van der Waals surface area (Å²) in [6, 6.07) is 5.68. The number of amides is 1. The van der Waals surface area contributed by atoms with Gasteiger partial charge in [0, 0.05) is 17.1 Å². The van der Waals surface area contributed by atoms with Crippen molar-refractivity contribution in [2.45, 2.75) is 33.7 Å². The molecule has 0 spiro atoms. The molecule has 1 unspecified atom stereocenters. The van der Waals surface area contributed by atoms with Crippen molar-refractivity contribution >= 4 is 21.8 Å². The van der Waals surface area contributed by atoms with Crippen molar-refractivity contribution in [1.82, 2.24) is 5.32 Å². The van der Waals surface area contributed by atoms with Gasteiger partial charge in [-0.25, -0.2) is 0 Å². The standard InChI is InChI=1S/C14H21BrN2O/c1-9-5-6-11(15)10(7-9)13(18)17-12(8-16)14(2,3)4/h5-7,12H,8,16H2,1-4H3,(H,17,18). The number of carbonyl (C=O) groups is 1. The minimum atomic E-state index is -0.0871. The van der Waals surface area contributed by atoms with Gasteiger partial charge in [0.05, 0.1) is 5.56 Å². The summed E-state index contributed by atoms with van der Waals surface area (Å²) in [7, 11) is 0. The van der Waals surface area contributed by atoms with Crippen LogP contribution in [0.5, 0.6) is 0 Å². The van der Waals surface area contributed by atoms with Gasteiger partial charge in [0.25, 0.3) is 5.91 Å². The number of hydrogen-bond donors (Lipinski definition) is 2. The molecule has 0 heterocycles. The highest BCUT2D eigenvalue weighted by atomic mass is 79.9. The fourth-order valence-electron chi connectivity index (χ4n) is 1.68. The molecular formula is C14H21BrN2O. The molecule has 3 N–H and O–H groups in total. The van der Waals surface area contributed by atoms with Crippen LogP contribution in [0.2, 0.25) is 0 Å². The molecule has 0 aliphatic carbocycles. The molecule has 1 atom stereocenters. The average molecular weight is 313 g/mol. The van der Waals surface area contributed by atoms with E-state index in [2.05, 4.69) is 42.0 Å². The van der Waals surface area contributed by atoms with Crippen LogP contribution in [-0.4, -0.2) is 18.5 Å². The minimum Gasteiger partial charge on any atom is -0.347 e. The lowest BCUT2D eigenvalue weighted by atomic mass is 9.86. The van der Waals surface area contributed by atoms with E-state index < -0.39 is 0 Å². The fraction of sp³-hybridized carbons (Fsp3) is 0.500. The van der Waals surface area contributed by atoms with Crippen molar-refractivity contribution in [3.63, 3.8) is 0 Å². The lowest BCUT2D eigenvalue weighted by Gasteiger charge is -2.30. The van der Waals surface area contributed by atoms with Gasteiger partial charge in [0.1, 0.15) is 0 Å². The van der Waals surface area contributed by atoms with Crippen molar-refractivity contribution in [2.24, 2.45) is 11.1 Å². The van der Waals surface area contributed by atoms with Crippen LogP contribution in [0.1, 0.15) is 36.7 Å². The highest BCUT2D eigenvalue weighted by Crippen LogP contribution is 2.21. The minimum absolute atomic E-state index is 0.0441. The van der Waals surface area contributed by atoms with Gasteiger partial charge in [-0.1, -0.05) is 32.4 Å². The molecule has 0 saturated carbocycles. The Balaban J connectivity index is 2.91. The van der Waals surface area contributed by atoms with E-state index in [9.17, 15) is 4.79 Å². The van der Waals surface area contributed by atoms with Crippen LogP contribution in [0, 0.1) is 12.3 Å². The summed E-state index contributed by atoms with van der Waals surface area (Å²) in [6.45, 7) is 8.59. The molecule has 1 aromatic rings. The Kier molecular flexibility index (Phi) is 4.93. The van der Waals surface area contributed by atoms with Gasteiger partial charge in [0.15, 0.2) is 0 Å². The lowest BCUT2D eigenvalue weighted by molar-refractivity contribution is 0.0904. The molecule has 18 heavy (non-hydrogen) atoms. The number of nitrogens with two attached hydrogens (primary N) is 1. The molecule has 0 aliphatic rings. The van der Waals surface area contributed by atoms with Gasteiger partial charge in [-0.15, -0.1) is 0 Å². The monoisotopic (exact) mass is 312 g/mol. The highest BCUT2D eigenvalue weighted by Gasteiger charge is 2.25. The van der Waals surface area contributed by atoms with E-state index in [0.29, 0.717) is 12.1 Å². The Morgan fingerprint density at radius 1 is 1.44 bits per heavy atom. The summed E-state index contributed by atoms with van der Waals surface area (Å²) in [6.07, 6.45) is 0. The summed E-state index contributed by atoms with van der Waals surface area (Å²) in [4.78, 5) is 12.2. The van der Waals surface area contributed by atoms with Crippen LogP contribution in [0.25, 0.3) is 0 Å². The summed E-state index contributed by atoms with van der Waals surface area (Å²) in [5.74, 6) is -0.0871. The molecule has 3 nitrogen and oxygen atoms in total. The first-order valence-corrected chi connectivity index (χ1v) is 6.82. The van der Waals surface area contributed by atoms with Crippen LogP contribution in [0.15, 0.2) is 22.7 Å². The summed E-state index contributed by atoms with van der Waals surface area (Å²) in [5.41, 5.74) is 7.38. The first-order valence-electron chi connectivity index (χ1n) is 6.02. The van der Waals surface area contributed by atoms with Gasteiger partial charge in [0.2, 0.25) is 0 Å². The molecule has 4 heteroatoms. The van der Waals surface area contributed by atoms with Crippen molar-refractivity contribution < 1.29 is 4.79 Å². The molecule has 1 aromatic carbocycles. The van der Waals surface area contributed by atoms with Crippen LogP contribution in [0.3, 0.4) is 0 Å². The second kappa shape index (κ2) is 5.85. The summed E-state index contributed by atoms with van der Waals surface area (Å²) < 4.78 is 0.801. The van der Waals surface area contributed by atoms with Gasteiger partial charge in [-0.3, -0.25) is 4.79 Å². The second-order valence-corrected chi connectivity index (χ2v) is 6.47. The number of carbonyl (C=O) groups excluding carboxylic acids is 1. The van der Waals surface area contributed by atoms with Gasteiger partial charge in [-0.05, 0) is 40.4 Å². The largest absolute Gasteiger partial charge is 0.347 e. The third kappa shape index (κ3) is 3.82. The van der Waals surface area contributed by atoms with Crippen molar-refractivity contribution in [3.8, 4) is 0 Å². The van der Waals surface area contributed by atoms with E-state index in [-0.39, 0.29) is 17.4 Å². The number of hydrogen-bond acceptors (Lipinski definition) is 2. The van der Waals surface area contributed by atoms with Gasteiger partial charge >= 0.3 is 0 Å². The lowest BCUT2D eigenvalue weighted by Crippen LogP contribution is -2.48. The second-order valence-electron chi connectivity index (χ2n) is 5.61. The van der Waals surface area contributed by atoms with Crippen molar-refractivity contribution in [1.29, 1.82) is 0 Å². The van der Waals surface area contributed by atoms with E-state index in [0.717, 1.165) is 10.0 Å². The van der Waals surface area contributed by atoms with E-state index >= 15 is 0 Å². The van der Waals surface area contributed by atoms with Crippen LogP contribution >= 0.6 is 15.9 Å². The smallest absolute Gasteiger partial charge is 0.252 e. The van der Waals surface area contributed by atoms with Crippen LogP contribution in [0.4, 0.5) is 0 Å². The Hall–Kier alpha value is -0.870. The van der Waals surface area contributed by atoms with Gasteiger partial charge in [-0.2, -0.15) is 0 Å². The van der Waals surface area contributed by atoms with Crippen molar-refractivity contribution in [2.75, 3.05) is 6.54 Å². The number of halogens is 1. The Morgan fingerprint density at radius 2 is 2.06 bits per heavy atom. The number of benzene rings is 1. The van der Waals surface area contributed by atoms with Gasteiger partial charge < -0.3 is 11.1 Å². The molecular weight excluding hydrogens is 292 g/mol. The zero-order chi connectivity index (χ0) is 13.9. The Morgan fingerprint density at radius 3 is 2.56 bits per heavy atom. The third-order valence-electron chi connectivity index (χ3n) is 2.95. The Labute approximate surface area is 117 Å². The van der Waals surface area contributed by atoms with E-state index in [1.54, 1.807) is 0 Å². The van der Waals surface area contributed by atoms with E-state index in [1.165, 1.54) is 0 Å². The summed E-state index contributed by atoms with van der Waals surface area (Å²) in [5, 5.41) is 3.00. The summed E-state index contributed by atoms with van der Waals surface area (Å²) >= 11 is 3.40. The van der Waals surface area contributed by atoms with Crippen molar-refractivity contribution in [3.05, 3.63) is 33.8 Å². The predicted molar refractivity (Wildman–Crippen MR) is 78.6 cm³/mol.